The van der Waals surface area contributed by atoms with Gasteiger partial charge in [0.05, 0.1) is 12.8 Å². The first-order valence-electron chi connectivity index (χ1n) is 10.5. The van der Waals surface area contributed by atoms with Gasteiger partial charge in [-0.15, -0.1) is 0 Å². The molecule has 0 radical (unpaired) electrons. The van der Waals surface area contributed by atoms with E-state index in [2.05, 4.69) is 5.32 Å². The molecule has 3 rings (SSSR count). The predicted octanol–water partition coefficient (Wildman–Crippen LogP) is 2.94. The van der Waals surface area contributed by atoms with Crippen molar-refractivity contribution in [2.24, 2.45) is 0 Å². The van der Waals surface area contributed by atoms with E-state index in [-0.39, 0.29) is 25.0 Å². The summed E-state index contributed by atoms with van der Waals surface area (Å²) in [5.74, 6) is -0.769. The number of amides is 2. The molecule has 1 N–H and O–H groups in total. The van der Waals surface area contributed by atoms with Crippen LogP contribution in [-0.4, -0.2) is 55.5 Å². The number of carbonyl (C=O) groups excluding carboxylic acids is 2. The highest BCUT2D eigenvalue weighted by Crippen LogP contribution is 2.32. The summed E-state index contributed by atoms with van der Waals surface area (Å²) in [7, 11) is -3.63. The Morgan fingerprint density at radius 2 is 1.67 bits per heavy atom. The molecular weight excluding hydrogens is 426 g/mol. The lowest BCUT2D eigenvalue weighted by atomic mass is 9.92. The summed E-state index contributed by atoms with van der Waals surface area (Å²) in [6.07, 6.45) is 8.49. The van der Waals surface area contributed by atoms with Crippen molar-refractivity contribution in [1.82, 2.24) is 9.62 Å². The van der Waals surface area contributed by atoms with Crippen LogP contribution in [-0.2, 0) is 19.6 Å². The van der Waals surface area contributed by atoms with E-state index < -0.39 is 21.5 Å². The van der Waals surface area contributed by atoms with Crippen molar-refractivity contribution in [3.05, 3.63) is 29.3 Å². The molecule has 0 spiro atoms. The quantitative estimate of drug-likeness (QED) is 0.756. The molecule has 2 aliphatic rings. The molecule has 1 saturated heterocycles. The van der Waals surface area contributed by atoms with Crippen LogP contribution >= 0.6 is 11.6 Å². The highest BCUT2D eigenvalue weighted by atomic mass is 35.5. The molecule has 9 heteroatoms. The van der Waals surface area contributed by atoms with Gasteiger partial charge in [0.1, 0.15) is 5.54 Å². The maximum atomic E-state index is 13.5. The molecule has 2 amide bonds. The van der Waals surface area contributed by atoms with Crippen LogP contribution < -0.4 is 10.2 Å². The number of nitrogens with one attached hydrogen (secondary N) is 1. The van der Waals surface area contributed by atoms with Crippen molar-refractivity contribution < 1.29 is 18.0 Å². The summed E-state index contributed by atoms with van der Waals surface area (Å²) in [5.41, 5.74) is -0.845. The van der Waals surface area contributed by atoms with Gasteiger partial charge in [0.2, 0.25) is 21.8 Å². The molecule has 0 unspecified atom stereocenters. The Hall–Kier alpha value is -1.64. The number of sulfonamides is 1. The van der Waals surface area contributed by atoms with E-state index in [0.29, 0.717) is 10.7 Å². The molecular formula is C21H30ClN3O4S. The van der Waals surface area contributed by atoms with Crippen molar-refractivity contribution in [1.29, 1.82) is 0 Å². The first-order valence-corrected chi connectivity index (χ1v) is 12.7. The largest absolute Gasteiger partial charge is 0.351 e. The molecule has 1 aromatic carbocycles. The number of carbonyl (C=O) groups is 2. The minimum atomic E-state index is -3.63. The van der Waals surface area contributed by atoms with Crippen LogP contribution in [0.15, 0.2) is 24.3 Å². The van der Waals surface area contributed by atoms with E-state index in [9.17, 15) is 18.0 Å². The second-order valence-electron chi connectivity index (χ2n) is 8.53. The van der Waals surface area contributed by atoms with E-state index >= 15 is 0 Å². The van der Waals surface area contributed by atoms with Gasteiger partial charge in [0, 0.05) is 23.3 Å². The third kappa shape index (κ3) is 5.15. The van der Waals surface area contributed by atoms with Crippen molar-refractivity contribution in [2.75, 3.05) is 24.2 Å². The third-order valence-electron chi connectivity index (χ3n) is 6.02. The van der Waals surface area contributed by atoms with E-state index in [4.69, 9.17) is 11.6 Å². The molecule has 7 nitrogen and oxygen atoms in total. The summed E-state index contributed by atoms with van der Waals surface area (Å²) >= 11 is 5.99. The summed E-state index contributed by atoms with van der Waals surface area (Å²) in [5, 5.41) is 3.64. The van der Waals surface area contributed by atoms with Gasteiger partial charge >= 0.3 is 0 Å². The summed E-state index contributed by atoms with van der Waals surface area (Å²) in [6, 6.07) is 6.70. The fraction of sp³-hybridized carbons (Fsp3) is 0.619. The number of anilines is 1. The van der Waals surface area contributed by atoms with Crippen LogP contribution in [0.2, 0.25) is 5.02 Å². The van der Waals surface area contributed by atoms with E-state index in [1.165, 1.54) is 11.3 Å². The molecule has 1 aliphatic carbocycles. The summed E-state index contributed by atoms with van der Waals surface area (Å²) < 4.78 is 25.5. The van der Waals surface area contributed by atoms with Gasteiger partial charge in [-0.25, -0.2) is 8.42 Å². The lowest BCUT2D eigenvalue weighted by Crippen LogP contribution is -2.70. The maximum Gasteiger partial charge on any atom is 0.247 e. The second-order valence-corrected chi connectivity index (χ2v) is 10.9. The van der Waals surface area contributed by atoms with Crippen LogP contribution in [0.4, 0.5) is 5.69 Å². The van der Waals surface area contributed by atoms with E-state index in [1.54, 1.807) is 31.2 Å². The number of benzene rings is 1. The Bertz CT molecular complexity index is 882. The highest BCUT2D eigenvalue weighted by Gasteiger charge is 2.50. The van der Waals surface area contributed by atoms with Gasteiger partial charge in [-0.1, -0.05) is 43.7 Å². The zero-order chi connectivity index (χ0) is 21.9. The molecule has 1 aliphatic heterocycles. The molecule has 1 aromatic rings. The lowest BCUT2D eigenvalue weighted by molar-refractivity contribution is -0.133. The van der Waals surface area contributed by atoms with Crippen LogP contribution in [0.1, 0.15) is 51.9 Å². The lowest BCUT2D eigenvalue weighted by Gasteiger charge is -2.47. The van der Waals surface area contributed by atoms with Gasteiger partial charge in [0.15, 0.2) is 0 Å². The standard InChI is InChI=1S/C21H30ClN3O4S/c1-21(20(27)23-17-8-6-4-3-5-7-9-17)15-24(30(2,28)29)14-19(26)25(21)18-12-10-16(22)11-13-18/h10-13,17H,3-9,14-15H2,1-2H3,(H,23,27)/t21-/m0/s1. The molecule has 0 bridgehead atoms. The zero-order valence-electron chi connectivity index (χ0n) is 17.6. The second kappa shape index (κ2) is 9.24. The topological polar surface area (TPSA) is 86.8 Å². The molecule has 2 fully saturated rings. The Kier molecular flexibility index (Phi) is 7.09. The SMILES string of the molecule is C[C@@]1(C(=O)NC2CCCCCCC2)CN(S(C)(=O)=O)CC(=O)N1c1ccc(Cl)cc1. The number of piperazine rings is 1. The fourth-order valence-corrected chi connectivity index (χ4v) is 5.29. The zero-order valence-corrected chi connectivity index (χ0v) is 19.1. The van der Waals surface area contributed by atoms with Crippen molar-refractivity contribution in [2.45, 2.75) is 63.5 Å². The number of halogens is 1. The van der Waals surface area contributed by atoms with Gasteiger partial charge in [-0.3, -0.25) is 14.5 Å². The summed E-state index contributed by atoms with van der Waals surface area (Å²) in [6.45, 7) is 1.24. The minimum absolute atomic E-state index is 0.0328. The van der Waals surface area contributed by atoms with Crippen LogP contribution in [0.3, 0.4) is 0 Å². The number of hydrogen-bond donors (Lipinski definition) is 1. The summed E-state index contributed by atoms with van der Waals surface area (Å²) in [4.78, 5) is 28.0. The Morgan fingerprint density at radius 1 is 1.10 bits per heavy atom. The van der Waals surface area contributed by atoms with Crippen molar-refractivity contribution in [3.63, 3.8) is 0 Å². The molecule has 166 valence electrons. The molecule has 1 saturated carbocycles. The average molecular weight is 456 g/mol. The van der Waals surface area contributed by atoms with Gasteiger partial charge in [-0.05, 0) is 44.0 Å². The normalized spacial score (nSPS) is 24.9. The monoisotopic (exact) mass is 455 g/mol. The van der Waals surface area contributed by atoms with Crippen molar-refractivity contribution >= 4 is 39.1 Å². The number of rotatable bonds is 4. The van der Waals surface area contributed by atoms with E-state index in [0.717, 1.165) is 49.1 Å². The number of hydrogen-bond acceptors (Lipinski definition) is 4. The van der Waals surface area contributed by atoms with Gasteiger partial charge in [-0.2, -0.15) is 4.31 Å². The molecule has 1 heterocycles. The minimum Gasteiger partial charge on any atom is -0.351 e. The first kappa shape index (κ1) is 23.0. The predicted molar refractivity (Wildman–Crippen MR) is 118 cm³/mol. The Balaban J connectivity index is 1.92. The van der Waals surface area contributed by atoms with Gasteiger partial charge in [0.25, 0.3) is 0 Å². The van der Waals surface area contributed by atoms with Crippen LogP contribution in [0.5, 0.6) is 0 Å². The highest BCUT2D eigenvalue weighted by molar-refractivity contribution is 7.88. The van der Waals surface area contributed by atoms with Crippen LogP contribution in [0.25, 0.3) is 0 Å². The molecule has 1 atom stereocenters. The third-order valence-corrected chi connectivity index (χ3v) is 7.47. The first-order chi connectivity index (χ1) is 14.1. The van der Waals surface area contributed by atoms with Gasteiger partial charge < -0.3 is 5.32 Å². The van der Waals surface area contributed by atoms with Crippen molar-refractivity contribution in [3.8, 4) is 0 Å². The Morgan fingerprint density at radius 3 is 2.23 bits per heavy atom. The molecule has 0 aromatic heterocycles. The maximum absolute atomic E-state index is 13.5. The average Bonchev–Trinajstić information content (AvgIpc) is 2.64. The van der Waals surface area contributed by atoms with Crippen LogP contribution in [0, 0.1) is 0 Å². The smallest absolute Gasteiger partial charge is 0.247 e. The number of nitrogens with zero attached hydrogens (tertiary/aromatic N) is 2. The Labute approximate surface area is 183 Å². The fourth-order valence-electron chi connectivity index (χ4n) is 4.34. The van der Waals surface area contributed by atoms with E-state index in [1.807, 2.05) is 0 Å². The molecule has 30 heavy (non-hydrogen) atoms.